The van der Waals surface area contributed by atoms with Gasteiger partial charge in [0.15, 0.2) is 0 Å². The van der Waals surface area contributed by atoms with Gasteiger partial charge in [0, 0.05) is 11.3 Å². The Bertz CT molecular complexity index is 1270. The Kier molecular flexibility index (Phi) is 5.94. The van der Waals surface area contributed by atoms with Gasteiger partial charge in [0.1, 0.15) is 18.1 Å². The van der Waals surface area contributed by atoms with Crippen LogP contribution in [0.3, 0.4) is 0 Å². The molecule has 0 aliphatic carbocycles. The van der Waals surface area contributed by atoms with Crippen molar-refractivity contribution in [3.05, 3.63) is 77.3 Å². The molecule has 1 amide bonds. The Hall–Kier alpha value is -3.31. The van der Waals surface area contributed by atoms with Crippen LogP contribution in [0.1, 0.15) is 26.3 Å². The summed E-state index contributed by atoms with van der Waals surface area (Å²) >= 11 is 6.19. The van der Waals surface area contributed by atoms with E-state index >= 15 is 0 Å². The van der Waals surface area contributed by atoms with Crippen molar-refractivity contribution in [1.82, 2.24) is 9.55 Å². The molecule has 0 aliphatic rings. The quantitative estimate of drug-likeness (QED) is 0.390. The van der Waals surface area contributed by atoms with Gasteiger partial charge in [-0.1, -0.05) is 68.8 Å². The van der Waals surface area contributed by atoms with E-state index < -0.39 is 0 Å². The van der Waals surface area contributed by atoms with Crippen molar-refractivity contribution < 1.29 is 9.53 Å². The number of aromatic nitrogens is 2. The molecule has 0 radical (unpaired) electrons. The summed E-state index contributed by atoms with van der Waals surface area (Å²) in [5.74, 6) is 1.16. The van der Waals surface area contributed by atoms with Gasteiger partial charge < -0.3 is 14.6 Å². The van der Waals surface area contributed by atoms with E-state index in [1.165, 1.54) is 5.56 Å². The van der Waals surface area contributed by atoms with Gasteiger partial charge in [-0.25, -0.2) is 4.98 Å². The molecular formula is C26H26ClN3O2. The molecule has 32 heavy (non-hydrogen) atoms. The van der Waals surface area contributed by atoms with Crippen LogP contribution in [0.5, 0.6) is 5.75 Å². The van der Waals surface area contributed by atoms with Gasteiger partial charge in [0.2, 0.25) is 5.91 Å². The predicted molar refractivity (Wildman–Crippen MR) is 131 cm³/mol. The van der Waals surface area contributed by atoms with E-state index in [1.54, 1.807) is 25.3 Å². The lowest BCUT2D eigenvalue weighted by Crippen LogP contribution is -2.19. The largest absolute Gasteiger partial charge is 0.495 e. The number of para-hydroxylation sites is 2. The molecule has 1 heterocycles. The molecule has 164 valence electrons. The highest BCUT2D eigenvalue weighted by Crippen LogP contribution is 2.29. The standard InChI is InChI=1S/C26H26ClN3O2/c1-26(2,3)18-11-9-17(10-12-18)25-29-21-7-5-6-8-22(21)30(25)16-24(31)28-19-13-14-23(32-4)20(27)15-19/h5-15H,16H2,1-4H3,(H,28,31). The summed E-state index contributed by atoms with van der Waals surface area (Å²) in [6.45, 7) is 6.69. The third-order valence-electron chi connectivity index (χ3n) is 5.40. The highest BCUT2D eigenvalue weighted by molar-refractivity contribution is 6.32. The number of carbonyl (C=O) groups excluding carboxylic acids is 1. The topological polar surface area (TPSA) is 56.1 Å². The van der Waals surface area contributed by atoms with Crippen LogP contribution in [0.2, 0.25) is 5.02 Å². The Morgan fingerprint density at radius 1 is 1.06 bits per heavy atom. The van der Waals surface area contributed by atoms with Crippen molar-refractivity contribution >= 4 is 34.2 Å². The first kappa shape index (κ1) is 21.9. The number of amides is 1. The maximum absolute atomic E-state index is 12.9. The highest BCUT2D eigenvalue weighted by Gasteiger charge is 2.18. The second-order valence-corrected chi connectivity index (χ2v) is 9.14. The van der Waals surface area contributed by atoms with Gasteiger partial charge in [0.25, 0.3) is 0 Å². The highest BCUT2D eigenvalue weighted by atomic mass is 35.5. The number of methoxy groups -OCH3 is 1. The van der Waals surface area contributed by atoms with Crippen LogP contribution in [0.15, 0.2) is 66.7 Å². The van der Waals surface area contributed by atoms with Gasteiger partial charge >= 0.3 is 0 Å². The minimum atomic E-state index is -0.165. The number of imidazole rings is 1. The number of benzene rings is 3. The molecule has 0 saturated heterocycles. The molecule has 4 rings (SSSR count). The molecule has 0 fully saturated rings. The fourth-order valence-electron chi connectivity index (χ4n) is 3.66. The summed E-state index contributed by atoms with van der Waals surface area (Å²) in [5, 5.41) is 3.36. The van der Waals surface area contributed by atoms with E-state index in [0.29, 0.717) is 16.5 Å². The van der Waals surface area contributed by atoms with Crippen molar-refractivity contribution in [3.63, 3.8) is 0 Å². The second kappa shape index (κ2) is 8.67. The van der Waals surface area contributed by atoms with Crippen LogP contribution < -0.4 is 10.1 Å². The average Bonchev–Trinajstić information content (AvgIpc) is 3.12. The van der Waals surface area contributed by atoms with E-state index in [2.05, 4.69) is 50.4 Å². The SMILES string of the molecule is COc1ccc(NC(=O)Cn2c(-c3ccc(C(C)(C)C)cc3)nc3ccccc32)cc1Cl. The molecule has 0 aliphatic heterocycles. The van der Waals surface area contributed by atoms with Crippen molar-refractivity contribution in [2.24, 2.45) is 0 Å². The van der Waals surface area contributed by atoms with Crippen molar-refractivity contribution in [1.29, 1.82) is 0 Å². The molecule has 0 saturated carbocycles. The normalized spacial score (nSPS) is 11.5. The molecule has 0 unspecified atom stereocenters. The lowest BCUT2D eigenvalue weighted by molar-refractivity contribution is -0.116. The fourth-order valence-corrected chi connectivity index (χ4v) is 3.92. The molecule has 0 atom stereocenters. The van der Waals surface area contributed by atoms with E-state index in [-0.39, 0.29) is 17.9 Å². The first-order chi connectivity index (χ1) is 15.3. The van der Waals surface area contributed by atoms with Gasteiger partial charge in [-0.2, -0.15) is 0 Å². The van der Waals surface area contributed by atoms with E-state index in [9.17, 15) is 4.79 Å². The molecule has 0 bridgehead atoms. The monoisotopic (exact) mass is 447 g/mol. The van der Waals surface area contributed by atoms with Gasteiger partial charge in [-0.05, 0) is 41.3 Å². The summed E-state index contributed by atoms with van der Waals surface area (Å²) in [4.78, 5) is 17.7. The maximum atomic E-state index is 12.9. The van der Waals surface area contributed by atoms with E-state index in [1.807, 2.05) is 28.8 Å². The van der Waals surface area contributed by atoms with E-state index in [0.717, 1.165) is 22.4 Å². The summed E-state index contributed by atoms with van der Waals surface area (Å²) in [6, 6.07) is 21.4. The van der Waals surface area contributed by atoms with Crippen molar-refractivity contribution in [3.8, 4) is 17.1 Å². The number of anilines is 1. The lowest BCUT2D eigenvalue weighted by atomic mass is 9.87. The summed E-state index contributed by atoms with van der Waals surface area (Å²) < 4.78 is 7.12. The van der Waals surface area contributed by atoms with Gasteiger partial charge in [-0.15, -0.1) is 0 Å². The first-order valence-electron chi connectivity index (χ1n) is 10.5. The Morgan fingerprint density at radius 2 is 1.78 bits per heavy atom. The molecule has 1 aromatic heterocycles. The first-order valence-corrected chi connectivity index (χ1v) is 10.8. The fraction of sp³-hybridized carbons (Fsp3) is 0.231. The van der Waals surface area contributed by atoms with Crippen LogP contribution in [0.4, 0.5) is 5.69 Å². The zero-order valence-electron chi connectivity index (χ0n) is 18.6. The molecule has 0 spiro atoms. The zero-order valence-corrected chi connectivity index (χ0v) is 19.4. The van der Waals surface area contributed by atoms with Crippen molar-refractivity contribution in [2.45, 2.75) is 32.7 Å². The number of hydrogen-bond acceptors (Lipinski definition) is 3. The number of ether oxygens (including phenoxy) is 1. The van der Waals surface area contributed by atoms with E-state index in [4.69, 9.17) is 21.3 Å². The smallest absolute Gasteiger partial charge is 0.244 e. The summed E-state index contributed by atoms with van der Waals surface area (Å²) in [5.41, 5.74) is 4.65. The van der Waals surface area contributed by atoms with Crippen LogP contribution in [-0.4, -0.2) is 22.6 Å². The minimum Gasteiger partial charge on any atom is -0.495 e. The number of halogens is 1. The number of nitrogens with zero attached hydrogens (tertiary/aromatic N) is 2. The van der Waals surface area contributed by atoms with Gasteiger partial charge in [-0.3, -0.25) is 4.79 Å². The molecule has 3 aromatic carbocycles. The number of rotatable bonds is 5. The molecule has 6 heteroatoms. The predicted octanol–water partition coefficient (Wildman–Crippen LogP) is 6.30. The molecular weight excluding hydrogens is 422 g/mol. The third kappa shape index (κ3) is 4.48. The lowest BCUT2D eigenvalue weighted by Gasteiger charge is -2.19. The Labute approximate surface area is 193 Å². The Balaban J connectivity index is 1.66. The zero-order chi connectivity index (χ0) is 22.9. The van der Waals surface area contributed by atoms with Gasteiger partial charge in [0.05, 0.1) is 23.2 Å². The number of hydrogen-bond donors (Lipinski definition) is 1. The molecule has 4 aromatic rings. The minimum absolute atomic E-state index is 0.0676. The van der Waals surface area contributed by atoms with Crippen LogP contribution >= 0.6 is 11.6 Å². The average molecular weight is 448 g/mol. The number of nitrogens with one attached hydrogen (secondary N) is 1. The number of carbonyl (C=O) groups is 1. The third-order valence-corrected chi connectivity index (χ3v) is 5.70. The second-order valence-electron chi connectivity index (χ2n) is 8.74. The Morgan fingerprint density at radius 3 is 2.44 bits per heavy atom. The maximum Gasteiger partial charge on any atom is 0.244 e. The summed E-state index contributed by atoms with van der Waals surface area (Å²) in [6.07, 6.45) is 0. The molecule has 5 nitrogen and oxygen atoms in total. The molecule has 1 N–H and O–H groups in total. The van der Waals surface area contributed by atoms with Crippen LogP contribution in [-0.2, 0) is 16.8 Å². The number of fused-ring (bicyclic) bond motifs is 1. The van der Waals surface area contributed by atoms with Crippen LogP contribution in [0, 0.1) is 0 Å². The van der Waals surface area contributed by atoms with Crippen molar-refractivity contribution in [2.75, 3.05) is 12.4 Å². The van der Waals surface area contributed by atoms with Crippen LogP contribution in [0.25, 0.3) is 22.4 Å². The summed E-state index contributed by atoms with van der Waals surface area (Å²) in [7, 11) is 1.55.